The number of nitrogens with one attached hydrogen (secondary N) is 1. The predicted octanol–water partition coefficient (Wildman–Crippen LogP) is 3.70. The van der Waals surface area contributed by atoms with E-state index in [1.165, 1.54) is 10.5 Å². The summed E-state index contributed by atoms with van der Waals surface area (Å²) < 4.78 is 5.53. The van der Waals surface area contributed by atoms with Crippen molar-refractivity contribution in [3.63, 3.8) is 0 Å². The second-order valence-electron chi connectivity index (χ2n) is 4.74. The first kappa shape index (κ1) is 14.2. The molecular formula is C15H14ClN3OS. The molecule has 6 heteroatoms. The first-order chi connectivity index (χ1) is 9.85. The zero-order chi connectivity index (χ0) is 13.5. The molecule has 0 radical (unpaired) electrons. The van der Waals surface area contributed by atoms with Crippen LogP contribution in [0.3, 0.4) is 0 Å². The highest BCUT2D eigenvalue weighted by Crippen LogP contribution is 2.39. The van der Waals surface area contributed by atoms with E-state index in [0.717, 1.165) is 40.3 Å². The topological polar surface area (TPSA) is 50.8 Å². The Hall–Kier alpha value is -1.72. The van der Waals surface area contributed by atoms with Crippen LogP contribution in [-0.2, 0) is 6.42 Å². The second kappa shape index (κ2) is 5.58. The van der Waals surface area contributed by atoms with Gasteiger partial charge in [0.2, 0.25) is 0 Å². The number of aromatic amines is 1. The minimum Gasteiger partial charge on any atom is -0.496 e. The summed E-state index contributed by atoms with van der Waals surface area (Å²) in [6.45, 7) is 0. The number of imidazole rings is 1. The van der Waals surface area contributed by atoms with E-state index in [4.69, 9.17) is 4.74 Å². The highest BCUT2D eigenvalue weighted by Gasteiger charge is 2.18. The maximum absolute atomic E-state index is 5.53. The maximum atomic E-state index is 5.53. The van der Waals surface area contributed by atoms with Crippen LogP contribution in [0.4, 0.5) is 0 Å². The molecular weight excluding hydrogens is 306 g/mol. The zero-order valence-electron chi connectivity index (χ0n) is 11.4. The first-order valence-corrected chi connectivity index (χ1v) is 7.47. The zero-order valence-corrected chi connectivity index (χ0v) is 13.1. The van der Waals surface area contributed by atoms with Crippen LogP contribution in [0.25, 0.3) is 22.4 Å². The van der Waals surface area contributed by atoms with Gasteiger partial charge in [-0.2, -0.15) is 0 Å². The van der Waals surface area contributed by atoms with Crippen molar-refractivity contribution in [3.8, 4) is 17.1 Å². The van der Waals surface area contributed by atoms with Gasteiger partial charge in [0.25, 0.3) is 0 Å². The molecule has 3 aromatic rings. The van der Waals surface area contributed by atoms with Crippen molar-refractivity contribution in [1.82, 2.24) is 15.0 Å². The van der Waals surface area contributed by atoms with Crippen LogP contribution < -0.4 is 4.74 Å². The monoisotopic (exact) mass is 319 g/mol. The predicted molar refractivity (Wildman–Crippen MR) is 87.6 cm³/mol. The van der Waals surface area contributed by atoms with Crippen LogP contribution in [-0.4, -0.2) is 27.8 Å². The van der Waals surface area contributed by atoms with Gasteiger partial charge < -0.3 is 9.72 Å². The van der Waals surface area contributed by atoms with Crippen LogP contribution in [0.2, 0.25) is 0 Å². The number of ether oxygens (including phenoxy) is 1. The Morgan fingerprint density at radius 1 is 1.33 bits per heavy atom. The van der Waals surface area contributed by atoms with Gasteiger partial charge in [-0.3, -0.25) is 4.98 Å². The summed E-state index contributed by atoms with van der Waals surface area (Å²) >= 11 is 1.89. The van der Waals surface area contributed by atoms with Crippen molar-refractivity contribution in [2.24, 2.45) is 0 Å². The molecule has 1 N–H and O–H groups in total. The Labute approximate surface area is 132 Å². The molecule has 4 nitrogen and oxygen atoms in total. The van der Waals surface area contributed by atoms with Gasteiger partial charge in [-0.25, -0.2) is 4.98 Å². The Morgan fingerprint density at radius 2 is 2.24 bits per heavy atom. The average Bonchev–Trinajstić information content (AvgIpc) is 3.11. The van der Waals surface area contributed by atoms with E-state index in [9.17, 15) is 0 Å². The Balaban J connectivity index is 0.00000132. The number of pyridine rings is 1. The number of rotatable bonds is 2. The Kier molecular flexibility index (Phi) is 3.78. The minimum atomic E-state index is 0. The lowest BCUT2D eigenvalue weighted by atomic mass is 10.1. The smallest absolute Gasteiger partial charge is 0.142 e. The van der Waals surface area contributed by atoms with Gasteiger partial charge in [-0.05, 0) is 30.2 Å². The van der Waals surface area contributed by atoms with E-state index in [2.05, 4.69) is 27.1 Å². The number of methoxy groups -OCH3 is 1. The molecule has 21 heavy (non-hydrogen) atoms. The lowest BCUT2D eigenvalue weighted by Crippen LogP contribution is -1.92. The highest BCUT2D eigenvalue weighted by molar-refractivity contribution is 7.99. The molecule has 108 valence electrons. The van der Waals surface area contributed by atoms with Crippen molar-refractivity contribution in [2.45, 2.75) is 11.3 Å². The van der Waals surface area contributed by atoms with Crippen molar-refractivity contribution >= 4 is 35.2 Å². The van der Waals surface area contributed by atoms with Gasteiger partial charge >= 0.3 is 0 Å². The fourth-order valence-electron chi connectivity index (χ4n) is 2.55. The van der Waals surface area contributed by atoms with E-state index in [1.54, 1.807) is 19.5 Å². The van der Waals surface area contributed by atoms with Gasteiger partial charge in [-0.15, -0.1) is 24.2 Å². The minimum absolute atomic E-state index is 0. The third-order valence-corrected chi connectivity index (χ3v) is 4.65. The van der Waals surface area contributed by atoms with Gasteiger partial charge in [0.1, 0.15) is 11.6 Å². The standard InChI is InChI=1S/C15H13N3OS.ClH/c1-19-13-7-14-9(3-5-20-14)6-10(13)15-17-11-2-4-16-8-12(11)18-15;/h2,4,6-8H,3,5H2,1H3,(H,17,18);1H. The van der Waals surface area contributed by atoms with Crippen LogP contribution in [0.1, 0.15) is 5.56 Å². The van der Waals surface area contributed by atoms with E-state index in [1.807, 2.05) is 17.8 Å². The molecule has 2 aromatic heterocycles. The molecule has 0 unspecified atom stereocenters. The molecule has 0 amide bonds. The Morgan fingerprint density at radius 3 is 3.05 bits per heavy atom. The second-order valence-corrected chi connectivity index (χ2v) is 5.87. The summed E-state index contributed by atoms with van der Waals surface area (Å²) in [4.78, 5) is 13.4. The number of fused-ring (bicyclic) bond motifs is 2. The van der Waals surface area contributed by atoms with Crippen molar-refractivity contribution < 1.29 is 4.74 Å². The first-order valence-electron chi connectivity index (χ1n) is 6.49. The fraction of sp³-hybridized carbons (Fsp3) is 0.200. The summed E-state index contributed by atoms with van der Waals surface area (Å²) in [6, 6.07) is 6.22. The summed E-state index contributed by atoms with van der Waals surface area (Å²) in [5, 5.41) is 0. The van der Waals surface area contributed by atoms with E-state index in [0.29, 0.717) is 0 Å². The van der Waals surface area contributed by atoms with Gasteiger partial charge in [-0.1, -0.05) is 0 Å². The Bertz CT molecular complexity index is 770. The molecule has 1 aliphatic rings. The SMILES string of the molecule is COc1cc2c(cc1-c1nc3ccncc3[nH]1)CCS2.Cl. The third-order valence-electron chi connectivity index (χ3n) is 3.55. The van der Waals surface area contributed by atoms with Crippen LogP contribution in [0, 0.1) is 0 Å². The van der Waals surface area contributed by atoms with E-state index in [-0.39, 0.29) is 12.4 Å². The number of hydrogen-bond donors (Lipinski definition) is 1. The number of benzene rings is 1. The summed E-state index contributed by atoms with van der Waals surface area (Å²) in [6.07, 6.45) is 4.66. The highest BCUT2D eigenvalue weighted by atomic mass is 35.5. The number of thioether (sulfide) groups is 1. The molecule has 1 aromatic carbocycles. The van der Waals surface area contributed by atoms with Crippen molar-refractivity contribution in [2.75, 3.05) is 12.9 Å². The maximum Gasteiger partial charge on any atom is 0.142 e. The fourth-order valence-corrected chi connectivity index (χ4v) is 3.62. The van der Waals surface area contributed by atoms with Gasteiger partial charge in [0.05, 0.1) is 29.9 Å². The number of aromatic nitrogens is 3. The summed E-state index contributed by atoms with van der Waals surface area (Å²) in [7, 11) is 1.70. The van der Waals surface area contributed by atoms with Gasteiger partial charge in [0.15, 0.2) is 0 Å². The normalized spacial score (nSPS) is 13.0. The van der Waals surface area contributed by atoms with Gasteiger partial charge in [0, 0.05) is 16.8 Å². The molecule has 0 atom stereocenters. The average molecular weight is 320 g/mol. The van der Waals surface area contributed by atoms with Crippen molar-refractivity contribution in [1.29, 1.82) is 0 Å². The quantitative estimate of drug-likeness (QED) is 0.782. The number of aryl methyl sites for hydroxylation is 1. The number of H-pyrrole nitrogens is 1. The van der Waals surface area contributed by atoms with Crippen LogP contribution in [0.15, 0.2) is 35.5 Å². The summed E-state index contributed by atoms with van der Waals surface area (Å²) in [5.74, 6) is 2.85. The van der Waals surface area contributed by atoms with E-state index >= 15 is 0 Å². The molecule has 0 spiro atoms. The lowest BCUT2D eigenvalue weighted by Gasteiger charge is -2.09. The molecule has 0 aliphatic carbocycles. The molecule has 3 heterocycles. The molecule has 1 aliphatic heterocycles. The van der Waals surface area contributed by atoms with Crippen molar-refractivity contribution in [3.05, 3.63) is 36.2 Å². The van der Waals surface area contributed by atoms with E-state index < -0.39 is 0 Å². The van der Waals surface area contributed by atoms with Crippen LogP contribution >= 0.6 is 24.2 Å². The molecule has 4 rings (SSSR count). The number of nitrogens with zero attached hydrogens (tertiary/aromatic N) is 2. The molecule has 0 saturated carbocycles. The number of halogens is 1. The summed E-state index contributed by atoms with van der Waals surface area (Å²) in [5.41, 5.74) is 4.26. The third kappa shape index (κ3) is 2.36. The number of hydrogen-bond acceptors (Lipinski definition) is 4. The lowest BCUT2D eigenvalue weighted by molar-refractivity contribution is 0.415. The molecule has 0 bridgehead atoms. The molecule has 0 fully saturated rings. The molecule has 0 saturated heterocycles. The van der Waals surface area contributed by atoms with Crippen LogP contribution in [0.5, 0.6) is 5.75 Å². The largest absolute Gasteiger partial charge is 0.496 e.